The van der Waals surface area contributed by atoms with Crippen LogP contribution in [0.15, 0.2) is 12.7 Å². The quantitative estimate of drug-likeness (QED) is 0.414. The molecular formula is C8H14O7S. The second-order valence-electron chi connectivity index (χ2n) is 2.81. The van der Waals surface area contributed by atoms with E-state index in [-0.39, 0.29) is 12.1 Å². The number of ether oxygens (including phenoxy) is 1. The fourth-order valence-electron chi connectivity index (χ4n) is 0.436. The molecule has 0 heterocycles. The summed E-state index contributed by atoms with van der Waals surface area (Å²) in [6.45, 7) is 6.83. The van der Waals surface area contributed by atoms with Crippen LogP contribution >= 0.6 is 0 Å². The van der Waals surface area contributed by atoms with E-state index in [1.54, 1.807) is 13.8 Å². The van der Waals surface area contributed by atoms with Crippen molar-refractivity contribution in [2.75, 3.05) is 5.75 Å². The maximum atomic E-state index is 10.3. The molecule has 0 spiro atoms. The minimum Gasteiger partial charge on any atom is -0.480 e. The highest BCUT2D eigenvalue weighted by Crippen LogP contribution is 1.87. The highest BCUT2D eigenvalue weighted by Gasteiger charge is 2.09. The van der Waals surface area contributed by atoms with Crippen molar-refractivity contribution in [1.82, 2.24) is 0 Å². The number of rotatable bonds is 4. The number of carbonyl (C=O) groups is 2. The van der Waals surface area contributed by atoms with Gasteiger partial charge in [-0.2, -0.15) is 8.42 Å². The zero-order valence-electron chi connectivity index (χ0n) is 8.91. The molecule has 0 radical (unpaired) electrons. The molecular weight excluding hydrogens is 240 g/mol. The molecule has 0 aliphatic rings. The summed E-state index contributed by atoms with van der Waals surface area (Å²) >= 11 is 0. The molecule has 0 rings (SSSR count). The highest BCUT2D eigenvalue weighted by molar-refractivity contribution is 7.86. The fourth-order valence-corrected chi connectivity index (χ4v) is 0.749. The zero-order chi connectivity index (χ0) is 13.4. The van der Waals surface area contributed by atoms with E-state index >= 15 is 0 Å². The van der Waals surface area contributed by atoms with E-state index in [0.29, 0.717) is 0 Å². The summed E-state index contributed by atoms with van der Waals surface area (Å²) in [7, 11) is -4.32. The SMILES string of the molecule is C=CC(=O)OC(C)C.O=C(O)CS(=O)(=O)O. The maximum absolute atomic E-state index is 10.3. The molecule has 7 nitrogen and oxygen atoms in total. The third-order valence-corrected chi connectivity index (χ3v) is 1.44. The lowest BCUT2D eigenvalue weighted by Crippen LogP contribution is -2.13. The molecule has 0 aromatic rings. The van der Waals surface area contributed by atoms with Crippen LogP contribution in [-0.2, 0) is 24.4 Å². The average Bonchev–Trinajstić information content (AvgIpc) is 1.98. The Kier molecular flexibility index (Phi) is 8.32. The van der Waals surface area contributed by atoms with Crippen molar-refractivity contribution in [3.05, 3.63) is 12.7 Å². The van der Waals surface area contributed by atoms with Crippen LogP contribution in [0.1, 0.15) is 13.8 Å². The molecule has 0 atom stereocenters. The van der Waals surface area contributed by atoms with Gasteiger partial charge < -0.3 is 9.84 Å². The van der Waals surface area contributed by atoms with Crippen LogP contribution < -0.4 is 0 Å². The van der Waals surface area contributed by atoms with Gasteiger partial charge in [0.2, 0.25) is 0 Å². The first-order chi connectivity index (χ1) is 7.08. The Morgan fingerprint density at radius 2 is 1.88 bits per heavy atom. The minimum absolute atomic E-state index is 0.0412. The van der Waals surface area contributed by atoms with E-state index in [2.05, 4.69) is 11.3 Å². The summed E-state index contributed by atoms with van der Waals surface area (Å²) in [4.78, 5) is 19.8. The molecule has 94 valence electrons. The van der Waals surface area contributed by atoms with E-state index in [4.69, 9.17) is 9.66 Å². The van der Waals surface area contributed by atoms with Crippen LogP contribution in [0.5, 0.6) is 0 Å². The standard InChI is InChI=1S/C6H10O2.C2H4O5S/c1-4-6(7)8-5(2)3;3-2(4)1-8(5,6)7/h4-5H,1H2,2-3H3;1H2,(H,3,4)(H,5,6,7). The van der Waals surface area contributed by atoms with Gasteiger partial charge in [-0.25, -0.2) is 4.79 Å². The lowest BCUT2D eigenvalue weighted by Gasteiger charge is -2.02. The Labute approximate surface area is 93.5 Å². The first-order valence-electron chi connectivity index (χ1n) is 4.08. The molecule has 0 aromatic carbocycles. The molecule has 0 aromatic heterocycles. The molecule has 0 unspecified atom stereocenters. The predicted octanol–water partition coefficient (Wildman–Crippen LogP) is 0.0828. The van der Waals surface area contributed by atoms with Crippen molar-refractivity contribution in [1.29, 1.82) is 0 Å². The van der Waals surface area contributed by atoms with Gasteiger partial charge in [0.15, 0.2) is 5.75 Å². The second kappa shape index (κ2) is 7.83. The number of carboxylic acids is 1. The lowest BCUT2D eigenvalue weighted by molar-refractivity contribution is -0.141. The van der Waals surface area contributed by atoms with E-state index < -0.39 is 21.8 Å². The largest absolute Gasteiger partial charge is 0.480 e. The van der Waals surface area contributed by atoms with Gasteiger partial charge in [-0.05, 0) is 13.8 Å². The number of carbonyl (C=O) groups excluding carboxylic acids is 1. The van der Waals surface area contributed by atoms with Gasteiger partial charge in [0.1, 0.15) is 0 Å². The summed E-state index contributed by atoms with van der Waals surface area (Å²) in [5.41, 5.74) is 0. The van der Waals surface area contributed by atoms with Crippen molar-refractivity contribution in [3.8, 4) is 0 Å². The highest BCUT2D eigenvalue weighted by atomic mass is 32.2. The van der Waals surface area contributed by atoms with E-state index in [0.717, 1.165) is 6.08 Å². The van der Waals surface area contributed by atoms with Crippen molar-refractivity contribution in [2.24, 2.45) is 0 Å². The van der Waals surface area contributed by atoms with E-state index in [9.17, 15) is 18.0 Å². The molecule has 0 saturated carbocycles. The molecule has 0 saturated heterocycles. The Morgan fingerprint density at radius 1 is 1.44 bits per heavy atom. The summed E-state index contributed by atoms with van der Waals surface area (Å²) in [6, 6.07) is 0. The van der Waals surface area contributed by atoms with E-state index in [1.165, 1.54) is 0 Å². The van der Waals surface area contributed by atoms with Crippen LogP contribution in [0, 0.1) is 0 Å². The van der Waals surface area contributed by atoms with Gasteiger partial charge in [-0.1, -0.05) is 6.58 Å². The summed E-state index contributed by atoms with van der Waals surface area (Å²) < 4.78 is 31.7. The molecule has 8 heteroatoms. The molecule has 0 aliphatic carbocycles. The summed E-state index contributed by atoms with van der Waals surface area (Å²) in [6.07, 6.45) is 1.11. The van der Waals surface area contributed by atoms with Gasteiger partial charge in [0.25, 0.3) is 10.1 Å². The predicted molar refractivity (Wildman–Crippen MR) is 55.5 cm³/mol. The van der Waals surface area contributed by atoms with Gasteiger partial charge in [-0.3, -0.25) is 9.35 Å². The van der Waals surface area contributed by atoms with E-state index in [1.807, 2.05) is 0 Å². The Bertz CT molecular complexity index is 341. The van der Waals surface area contributed by atoms with Crippen LogP contribution in [0.2, 0.25) is 0 Å². The third-order valence-electron chi connectivity index (χ3n) is 0.824. The number of hydrogen-bond donors (Lipinski definition) is 2. The Morgan fingerprint density at radius 3 is 1.94 bits per heavy atom. The number of hydrogen-bond acceptors (Lipinski definition) is 5. The summed E-state index contributed by atoms with van der Waals surface area (Å²) in [5.74, 6) is -3.15. The number of esters is 1. The van der Waals surface area contributed by atoms with Crippen molar-refractivity contribution >= 4 is 22.1 Å². The number of carboxylic acid groups (broad SMARTS) is 1. The van der Waals surface area contributed by atoms with Gasteiger partial charge >= 0.3 is 11.9 Å². The minimum atomic E-state index is -4.32. The molecule has 0 bridgehead atoms. The smallest absolute Gasteiger partial charge is 0.330 e. The first kappa shape index (κ1) is 17.0. The van der Waals surface area contributed by atoms with Gasteiger partial charge in [-0.15, -0.1) is 0 Å². The molecule has 0 fully saturated rings. The average molecular weight is 254 g/mol. The van der Waals surface area contributed by atoms with Crippen molar-refractivity contribution in [2.45, 2.75) is 20.0 Å². The molecule has 0 aliphatic heterocycles. The van der Waals surface area contributed by atoms with Crippen LogP contribution in [-0.4, -0.2) is 41.9 Å². The van der Waals surface area contributed by atoms with Crippen molar-refractivity contribution in [3.63, 3.8) is 0 Å². The fraction of sp³-hybridized carbons (Fsp3) is 0.500. The zero-order valence-corrected chi connectivity index (χ0v) is 9.73. The maximum Gasteiger partial charge on any atom is 0.330 e. The van der Waals surface area contributed by atoms with Crippen LogP contribution in [0.25, 0.3) is 0 Å². The second-order valence-corrected chi connectivity index (χ2v) is 4.26. The van der Waals surface area contributed by atoms with Gasteiger partial charge in [0.05, 0.1) is 6.10 Å². The molecule has 16 heavy (non-hydrogen) atoms. The number of aliphatic carboxylic acids is 1. The normalized spacial score (nSPS) is 10.0. The summed E-state index contributed by atoms with van der Waals surface area (Å²) in [5, 5.41) is 7.71. The Balaban J connectivity index is 0. The first-order valence-corrected chi connectivity index (χ1v) is 5.69. The Hall–Kier alpha value is -1.41. The van der Waals surface area contributed by atoms with Crippen LogP contribution in [0.3, 0.4) is 0 Å². The van der Waals surface area contributed by atoms with Crippen LogP contribution in [0.4, 0.5) is 0 Å². The molecule has 2 N–H and O–H groups in total. The molecule has 0 amide bonds. The van der Waals surface area contributed by atoms with Crippen molar-refractivity contribution < 1.29 is 32.4 Å². The monoisotopic (exact) mass is 254 g/mol. The topological polar surface area (TPSA) is 118 Å². The van der Waals surface area contributed by atoms with Gasteiger partial charge in [0, 0.05) is 6.08 Å². The lowest BCUT2D eigenvalue weighted by atomic mass is 10.5. The third kappa shape index (κ3) is 18.4.